The summed E-state index contributed by atoms with van der Waals surface area (Å²) in [5.74, 6) is 1.83. The summed E-state index contributed by atoms with van der Waals surface area (Å²) in [5.41, 5.74) is 1.26. The molecule has 1 atom stereocenters. The Morgan fingerprint density at radius 1 is 1.29 bits per heavy atom. The van der Waals surface area contributed by atoms with Crippen molar-refractivity contribution < 1.29 is 4.74 Å². The van der Waals surface area contributed by atoms with Gasteiger partial charge >= 0.3 is 0 Å². The highest BCUT2D eigenvalue weighted by atomic mass is 32.2. The minimum absolute atomic E-state index is 0.283. The van der Waals surface area contributed by atoms with Crippen LogP contribution in [0.3, 0.4) is 0 Å². The lowest BCUT2D eigenvalue weighted by atomic mass is 10.1. The third-order valence-electron chi connectivity index (χ3n) is 2.99. The predicted octanol–water partition coefficient (Wildman–Crippen LogP) is 3.04. The molecule has 6 heteroatoms. The molecule has 0 radical (unpaired) electrons. The fourth-order valence-corrected chi connectivity index (χ4v) is 2.84. The molecule has 0 saturated heterocycles. The number of ether oxygens (including phenoxy) is 1. The Bertz CT molecular complexity index is 501. The monoisotopic (exact) mass is 306 g/mol. The maximum atomic E-state index is 5.62. The van der Waals surface area contributed by atoms with Crippen molar-refractivity contribution in [1.29, 1.82) is 0 Å². The van der Waals surface area contributed by atoms with Gasteiger partial charge in [-0.1, -0.05) is 37.7 Å². The van der Waals surface area contributed by atoms with Crippen LogP contribution in [0.15, 0.2) is 35.7 Å². The molecule has 0 aliphatic carbocycles. The minimum atomic E-state index is 0.283. The van der Waals surface area contributed by atoms with Gasteiger partial charge in [-0.25, -0.2) is 4.98 Å². The fraction of sp³-hybridized carbons (Fsp3) is 0.467. The molecule has 0 saturated carbocycles. The second-order valence-corrected chi connectivity index (χ2v) is 5.64. The molecule has 1 unspecified atom stereocenters. The number of benzene rings is 1. The molecule has 0 amide bonds. The van der Waals surface area contributed by atoms with Crippen molar-refractivity contribution in [3.8, 4) is 5.75 Å². The second-order valence-electron chi connectivity index (χ2n) is 4.63. The highest BCUT2D eigenvalue weighted by Gasteiger charge is 2.12. The number of H-pyrrole nitrogens is 1. The minimum Gasteiger partial charge on any atom is -0.494 e. The summed E-state index contributed by atoms with van der Waals surface area (Å²) >= 11 is 1.67. The van der Waals surface area contributed by atoms with E-state index in [1.165, 1.54) is 11.9 Å². The molecule has 1 heterocycles. The Balaban J connectivity index is 1.96. The zero-order valence-electron chi connectivity index (χ0n) is 12.5. The number of rotatable bonds is 9. The first kappa shape index (κ1) is 15.9. The lowest BCUT2D eigenvalue weighted by Gasteiger charge is -2.18. The average Bonchev–Trinajstić information content (AvgIpc) is 3.03. The number of hydrogen-bond acceptors (Lipinski definition) is 5. The van der Waals surface area contributed by atoms with Gasteiger partial charge in [-0.2, -0.15) is 5.10 Å². The number of hydrogen-bond donors (Lipinski definition) is 2. The molecule has 21 heavy (non-hydrogen) atoms. The van der Waals surface area contributed by atoms with Crippen LogP contribution < -0.4 is 10.1 Å². The molecule has 0 spiro atoms. The van der Waals surface area contributed by atoms with Gasteiger partial charge in [0, 0.05) is 11.8 Å². The summed E-state index contributed by atoms with van der Waals surface area (Å²) in [7, 11) is 0. The van der Waals surface area contributed by atoms with Crippen LogP contribution in [-0.4, -0.2) is 34.1 Å². The SMILES string of the molecule is CCCOc1ccc(C(CSc2ncn[nH]2)NCC)cc1. The molecule has 2 N–H and O–H groups in total. The Morgan fingerprint density at radius 2 is 2.10 bits per heavy atom. The van der Waals surface area contributed by atoms with Crippen molar-refractivity contribution in [2.45, 2.75) is 31.5 Å². The number of nitrogens with one attached hydrogen (secondary N) is 2. The van der Waals surface area contributed by atoms with E-state index in [1.807, 2.05) is 12.1 Å². The molecule has 1 aromatic carbocycles. The molecular weight excluding hydrogens is 284 g/mol. The van der Waals surface area contributed by atoms with Crippen LogP contribution in [0.4, 0.5) is 0 Å². The topological polar surface area (TPSA) is 62.8 Å². The van der Waals surface area contributed by atoms with E-state index >= 15 is 0 Å². The van der Waals surface area contributed by atoms with Crippen LogP contribution in [0.25, 0.3) is 0 Å². The van der Waals surface area contributed by atoms with Crippen LogP contribution in [0, 0.1) is 0 Å². The summed E-state index contributed by atoms with van der Waals surface area (Å²) in [5, 5.41) is 11.1. The Labute approximate surface area is 129 Å². The van der Waals surface area contributed by atoms with E-state index in [9.17, 15) is 0 Å². The van der Waals surface area contributed by atoms with Crippen LogP contribution in [0.5, 0.6) is 5.75 Å². The van der Waals surface area contributed by atoms with Crippen molar-refractivity contribution >= 4 is 11.8 Å². The van der Waals surface area contributed by atoms with Gasteiger partial charge in [-0.05, 0) is 30.7 Å². The number of aromatic nitrogens is 3. The molecular formula is C15H22N4OS. The van der Waals surface area contributed by atoms with E-state index in [0.29, 0.717) is 0 Å². The number of aromatic amines is 1. The molecule has 114 valence electrons. The zero-order valence-corrected chi connectivity index (χ0v) is 13.3. The first-order valence-electron chi connectivity index (χ1n) is 7.27. The normalized spacial score (nSPS) is 12.3. The molecule has 0 fully saturated rings. The van der Waals surface area contributed by atoms with E-state index in [0.717, 1.165) is 36.2 Å². The Hall–Kier alpha value is -1.53. The first-order valence-corrected chi connectivity index (χ1v) is 8.26. The zero-order chi connectivity index (χ0) is 14.9. The molecule has 0 bridgehead atoms. The Kier molecular flexibility index (Phi) is 6.56. The molecule has 1 aromatic heterocycles. The molecule has 2 aromatic rings. The van der Waals surface area contributed by atoms with E-state index in [4.69, 9.17) is 4.74 Å². The van der Waals surface area contributed by atoms with Gasteiger partial charge in [0.2, 0.25) is 0 Å². The van der Waals surface area contributed by atoms with Gasteiger partial charge in [0.15, 0.2) is 5.16 Å². The Morgan fingerprint density at radius 3 is 2.71 bits per heavy atom. The molecule has 0 aliphatic heterocycles. The summed E-state index contributed by atoms with van der Waals surface area (Å²) in [6, 6.07) is 8.60. The summed E-state index contributed by atoms with van der Waals surface area (Å²) in [4.78, 5) is 4.14. The van der Waals surface area contributed by atoms with Crippen molar-refractivity contribution in [3.05, 3.63) is 36.2 Å². The standard InChI is InChI=1S/C15H22N4OS/c1-3-9-20-13-7-5-12(6-8-13)14(16-4-2)10-21-15-17-11-18-19-15/h5-8,11,14,16H,3-4,9-10H2,1-2H3,(H,17,18,19). The maximum Gasteiger partial charge on any atom is 0.183 e. The van der Waals surface area contributed by atoms with Crippen molar-refractivity contribution in [2.24, 2.45) is 0 Å². The third-order valence-corrected chi connectivity index (χ3v) is 3.96. The molecule has 2 rings (SSSR count). The lowest BCUT2D eigenvalue weighted by Crippen LogP contribution is -2.23. The summed E-state index contributed by atoms with van der Waals surface area (Å²) < 4.78 is 5.62. The predicted molar refractivity (Wildman–Crippen MR) is 85.8 cm³/mol. The van der Waals surface area contributed by atoms with E-state index in [1.54, 1.807) is 11.8 Å². The third kappa shape index (κ3) is 5.06. The van der Waals surface area contributed by atoms with Crippen LogP contribution in [-0.2, 0) is 0 Å². The van der Waals surface area contributed by atoms with Crippen LogP contribution >= 0.6 is 11.8 Å². The van der Waals surface area contributed by atoms with E-state index in [-0.39, 0.29) is 6.04 Å². The second kappa shape index (κ2) is 8.69. The maximum absolute atomic E-state index is 5.62. The van der Waals surface area contributed by atoms with Gasteiger partial charge < -0.3 is 10.1 Å². The summed E-state index contributed by atoms with van der Waals surface area (Å²) in [6.07, 6.45) is 2.56. The van der Waals surface area contributed by atoms with Crippen LogP contribution in [0.2, 0.25) is 0 Å². The van der Waals surface area contributed by atoms with Gasteiger partial charge in [-0.3, -0.25) is 5.10 Å². The van der Waals surface area contributed by atoms with Crippen molar-refractivity contribution in [3.63, 3.8) is 0 Å². The van der Waals surface area contributed by atoms with Gasteiger partial charge in [0.05, 0.1) is 6.61 Å². The highest BCUT2D eigenvalue weighted by molar-refractivity contribution is 7.99. The molecule has 0 aliphatic rings. The van der Waals surface area contributed by atoms with Crippen molar-refractivity contribution in [1.82, 2.24) is 20.5 Å². The quantitative estimate of drug-likeness (QED) is 0.697. The highest BCUT2D eigenvalue weighted by Crippen LogP contribution is 2.23. The van der Waals surface area contributed by atoms with Gasteiger partial charge in [0.25, 0.3) is 0 Å². The smallest absolute Gasteiger partial charge is 0.183 e. The lowest BCUT2D eigenvalue weighted by molar-refractivity contribution is 0.317. The summed E-state index contributed by atoms with van der Waals surface area (Å²) in [6.45, 7) is 5.91. The number of thioether (sulfide) groups is 1. The largest absolute Gasteiger partial charge is 0.494 e. The fourth-order valence-electron chi connectivity index (χ4n) is 1.96. The van der Waals surface area contributed by atoms with E-state index < -0.39 is 0 Å². The van der Waals surface area contributed by atoms with E-state index in [2.05, 4.69) is 46.5 Å². The number of nitrogens with zero attached hydrogens (tertiary/aromatic N) is 2. The van der Waals surface area contributed by atoms with Crippen LogP contribution in [0.1, 0.15) is 31.9 Å². The van der Waals surface area contributed by atoms with Gasteiger partial charge in [0.1, 0.15) is 12.1 Å². The average molecular weight is 306 g/mol. The van der Waals surface area contributed by atoms with Gasteiger partial charge in [-0.15, -0.1) is 0 Å². The molecule has 5 nitrogen and oxygen atoms in total. The first-order chi connectivity index (χ1) is 10.3. The van der Waals surface area contributed by atoms with Crippen molar-refractivity contribution in [2.75, 3.05) is 18.9 Å².